The summed E-state index contributed by atoms with van der Waals surface area (Å²) in [6, 6.07) is 9.84. The Hall–Kier alpha value is -3.77. The summed E-state index contributed by atoms with van der Waals surface area (Å²) in [6.07, 6.45) is 4.79. The summed E-state index contributed by atoms with van der Waals surface area (Å²) < 4.78 is 23.1. The Labute approximate surface area is 228 Å². The quantitative estimate of drug-likeness (QED) is 0.318. The number of carbonyl (C=O) groups excluding carboxylic acids is 1. The number of rotatable bonds is 5. The minimum Gasteiger partial charge on any atom is -0.359 e. The summed E-state index contributed by atoms with van der Waals surface area (Å²) in [5.74, 6) is 0.0308. The molecule has 0 spiro atoms. The number of aromatic amines is 1. The molecule has 1 saturated heterocycles. The van der Waals surface area contributed by atoms with Crippen molar-refractivity contribution in [1.29, 1.82) is 0 Å². The van der Waals surface area contributed by atoms with E-state index in [0.717, 1.165) is 23.0 Å². The van der Waals surface area contributed by atoms with Gasteiger partial charge < -0.3 is 14.4 Å². The van der Waals surface area contributed by atoms with Gasteiger partial charge in [-0.3, -0.25) is 9.20 Å². The molecule has 13 heteroatoms. The van der Waals surface area contributed by atoms with Crippen LogP contribution in [-0.4, -0.2) is 53.4 Å². The standard InChI is InChI=1S/C25H20BrClFN7O3/c26-16-8-17-9-22(29-25(37)35(17)11-16)24(36)33-5-3-14(4-6-33)21-10-18(38-31-21)12-34-13-23(30-32-34)15-1-2-19(27)20(28)7-15/h1-2,7-11,13-14H,3-6,12H2,(H,29,37). The number of amides is 1. The predicted octanol–water partition coefficient (Wildman–Crippen LogP) is 4.50. The minimum absolute atomic E-state index is 0.0485. The van der Waals surface area contributed by atoms with Crippen LogP contribution in [-0.2, 0) is 6.54 Å². The first-order valence-electron chi connectivity index (χ1n) is 11.9. The lowest BCUT2D eigenvalue weighted by Gasteiger charge is -2.31. The second-order valence-corrected chi connectivity index (χ2v) is 10.5. The van der Waals surface area contributed by atoms with Crippen LogP contribution in [0.5, 0.6) is 0 Å². The van der Waals surface area contributed by atoms with Gasteiger partial charge in [0.05, 0.1) is 22.4 Å². The Morgan fingerprint density at radius 2 is 2.00 bits per heavy atom. The molecule has 5 aromatic rings. The molecule has 0 saturated carbocycles. The fourth-order valence-electron chi connectivity index (χ4n) is 4.68. The Morgan fingerprint density at radius 3 is 2.79 bits per heavy atom. The van der Waals surface area contributed by atoms with Crippen molar-refractivity contribution < 1.29 is 13.7 Å². The van der Waals surface area contributed by atoms with Gasteiger partial charge in [0.2, 0.25) is 0 Å². The van der Waals surface area contributed by atoms with E-state index in [4.69, 9.17) is 16.1 Å². The predicted molar refractivity (Wildman–Crippen MR) is 140 cm³/mol. The van der Waals surface area contributed by atoms with Crippen molar-refractivity contribution in [2.24, 2.45) is 0 Å². The zero-order valence-corrected chi connectivity index (χ0v) is 22.1. The molecule has 0 aliphatic carbocycles. The van der Waals surface area contributed by atoms with Gasteiger partial charge in [0.25, 0.3) is 5.91 Å². The Morgan fingerprint density at radius 1 is 1.18 bits per heavy atom. The van der Waals surface area contributed by atoms with Crippen molar-refractivity contribution in [2.75, 3.05) is 13.1 Å². The number of hydrogen-bond acceptors (Lipinski definition) is 6. The number of aromatic nitrogens is 6. The molecule has 6 rings (SSSR count). The molecule has 194 valence electrons. The molecular formula is C25H20BrClFN7O3. The fraction of sp³-hybridized carbons (Fsp3) is 0.240. The highest BCUT2D eigenvalue weighted by Gasteiger charge is 2.27. The molecule has 1 amide bonds. The van der Waals surface area contributed by atoms with Crippen LogP contribution in [0.4, 0.5) is 4.39 Å². The number of piperidine rings is 1. The van der Waals surface area contributed by atoms with Crippen molar-refractivity contribution >= 4 is 39.0 Å². The SMILES string of the molecule is O=C(c1cc2cc(Br)cn2c(=O)[nH]1)N1CCC(c2cc(Cn3cc(-c4ccc(Cl)c(F)c4)nn3)on2)CC1. The number of nitrogens with zero attached hydrogens (tertiary/aromatic N) is 6. The third-order valence-electron chi connectivity index (χ3n) is 6.65. The average Bonchev–Trinajstić information content (AvgIpc) is 3.66. The van der Waals surface area contributed by atoms with Crippen LogP contribution in [0.1, 0.15) is 40.7 Å². The van der Waals surface area contributed by atoms with Crippen LogP contribution in [0.15, 0.2) is 62.6 Å². The highest BCUT2D eigenvalue weighted by atomic mass is 79.9. The first kappa shape index (κ1) is 24.6. The molecule has 1 aliphatic heterocycles. The van der Waals surface area contributed by atoms with Crippen LogP contribution in [0.25, 0.3) is 16.8 Å². The summed E-state index contributed by atoms with van der Waals surface area (Å²) in [7, 11) is 0. The number of fused-ring (bicyclic) bond motifs is 1. The molecule has 1 aromatic carbocycles. The van der Waals surface area contributed by atoms with Crippen LogP contribution in [0.2, 0.25) is 5.02 Å². The molecule has 38 heavy (non-hydrogen) atoms. The van der Waals surface area contributed by atoms with E-state index in [0.29, 0.717) is 42.2 Å². The first-order chi connectivity index (χ1) is 18.3. The Balaban J connectivity index is 1.08. The fourth-order valence-corrected chi connectivity index (χ4v) is 5.23. The third kappa shape index (κ3) is 4.76. The minimum atomic E-state index is -0.519. The summed E-state index contributed by atoms with van der Waals surface area (Å²) >= 11 is 9.11. The zero-order valence-electron chi connectivity index (χ0n) is 19.8. The molecule has 0 unspecified atom stereocenters. The second-order valence-electron chi connectivity index (χ2n) is 9.16. The normalized spacial score (nSPS) is 14.4. The Bertz CT molecular complexity index is 1720. The van der Waals surface area contributed by atoms with E-state index < -0.39 is 5.82 Å². The number of likely N-dealkylation sites (tertiary alicyclic amines) is 1. The molecule has 0 bridgehead atoms. The summed E-state index contributed by atoms with van der Waals surface area (Å²) in [5, 5.41) is 12.5. The number of carbonyl (C=O) groups is 1. The van der Waals surface area contributed by atoms with Gasteiger partial charge in [0, 0.05) is 41.3 Å². The monoisotopic (exact) mass is 599 g/mol. The van der Waals surface area contributed by atoms with Crippen molar-refractivity contribution in [1.82, 2.24) is 34.4 Å². The van der Waals surface area contributed by atoms with Gasteiger partial charge >= 0.3 is 5.69 Å². The van der Waals surface area contributed by atoms with Gasteiger partial charge in [-0.15, -0.1) is 5.10 Å². The molecular weight excluding hydrogens is 581 g/mol. The van der Waals surface area contributed by atoms with Crippen molar-refractivity contribution in [3.8, 4) is 11.3 Å². The maximum Gasteiger partial charge on any atom is 0.330 e. The van der Waals surface area contributed by atoms with E-state index in [1.165, 1.54) is 16.5 Å². The highest BCUT2D eigenvalue weighted by molar-refractivity contribution is 9.10. The van der Waals surface area contributed by atoms with Gasteiger partial charge in [-0.1, -0.05) is 28.0 Å². The summed E-state index contributed by atoms with van der Waals surface area (Å²) in [5.41, 5.74) is 2.46. The molecule has 5 heterocycles. The maximum atomic E-state index is 13.8. The average molecular weight is 601 g/mol. The Kier molecular flexibility index (Phi) is 6.36. The summed E-state index contributed by atoms with van der Waals surface area (Å²) in [6.45, 7) is 1.39. The van der Waals surface area contributed by atoms with Crippen LogP contribution in [0.3, 0.4) is 0 Å². The molecule has 4 aromatic heterocycles. The van der Waals surface area contributed by atoms with Crippen LogP contribution >= 0.6 is 27.5 Å². The van der Waals surface area contributed by atoms with Gasteiger partial charge in [-0.2, -0.15) is 0 Å². The van der Waals surface area contributed by atoms with Gasteiger partial charge in [0.1, 0.15) is 23.7 Å². The van der Waals surface area contributed by atoms with Gasteiger partial charge in [-0.05, 0) is 53.0 Å². The molecule has 1 N–H and O–H groups in total. The lowest BCUT2D eigenvalue weighted by molar-refractivity contribution is 0.0705. The van der Waals surface area contributed by atoms with Crippen molar-refractivity contribution in [3.63, 3.8) is 0 Å². The van der Waals surface area contributed by atoms with E-state index in [-0.39, 0.29) is 28.2 Å². The van der Waals surface area contributed by atoms with E-state index >= 15 is 0 Å². The lowest BCUT2D eigenvalue weighted by atomic mass is 9.93. The first-order valence-corrected chi connectivity index (χ1v) is 13.0. The number of halogens is 3. The molecule has 1 aliphatic rings. The van der Waals surface area contributed by atoms with Crippen LogP contribution < -0.4 is 5.69 Å². The number of hydrogen-bond donors (Lipinski definition) is 1. The highest BCUT2D eigenvalue weighted by Crippen LogP contribution is 2.29. The topological polar surface area (TPSA) is 114 Å². The molecule has 10 nitrogen and oxygen atoms in total. The van der Waals surface area contributed by atoms with Crippen molar-refractivity contribution in [3.05, 3.63) is 91.7 Å². The largest absolute Gasteiger partial charge is 0.359 e. The molecule has 1 fully saturated rings. The van der Waals surface area contributed by atoms with Crippen LogP contribution in [0, 0.1) is 5.82 Å². The van der Waals surface area contributed by atoms with E-state index in [1.807, 2.05) is 6.07 Å². The number of benzene rings is 1. The van der Waals surface area contributed by atoms with Gasteiger partial charge in [0.15, 0.2) is 5.76 Å². The van der Waals surface area contributed by atoms with E-state index in [9.17, 15) is 14.0 Å². The number of nitrogens with one attached hydrogen (secondary N) is 1. The van der Waals surface area contributed by atoms with Crippen molar-refractivity contribution in [2.45, 2.75) is 25.3 Å². The third-order valence-corrected chi connectivity index (χ3v) is 7.39. The van der Waals surface area contributed by atoms with E-state index in [1.54, 1.807) is 40.2 Å². The lowest BCUT2D eigenvalue weighted by Crippen LogP contribution is -2.39. The number of H-pyrrole nitrogens is 1. The molecule has 0 atom stereocenters. The second kappa shape index (κ2) is 9.84. The summed E-state index contributed by atoms with van der Waals surface area (Å²) in [4.78, 5) is 29.8. The smallest absolute Gasteiger partial charge is 0.330 e. The van der Waals surface area contributed by atoms with Gasteiger partial charge in [-0.25, -0.2) is 13.9 Å². The van der Waals surface area contributed by atoms with E-state index in [2.05, 4.69) is 36.4 Å². The molecule has 0 radical (unpaired) electrons. The maximum absolute atomic E-state index is 13.8. The zero-order chi connectivity index (χ0) is 26.4.